The third-order valence-electron chi connectivity index (χ3n) is 2.83. The first-order valence-electron chi connectivity index (χ1n) is 6.65. The van der Waals surface area contributed by atoms with Gasteiger partial charge in [0.05, 0.1) is 19.3 Å². The van der Waals surface area contributed by atoms with Crippen LogP contribution in [0.1, 0.15) is 34.6 Å². The number of ether oxygens (including phenoxy) is 1. The maximum atomic E-state index is 11.8. The van der Waals surface area contributed by atoms with Gasteiger partial charge >= 0.3 is 6.03 Å². The van der Waals surface area contributed by atoms with Gasteiger partial charge in [0, 0.05) is 18.1 Å². The van der Waals surface area contributed by atoms with E-state index in [2.05, 4.69) is 10.6 Å². The van der Waals surface area contributed by atoms with Crippen molar-refractivity contribution in [2.24, 2.45) is 0 Å². The number of hydrogen-bond donors (Lipinski definition) is 2. The van der Waals surface area contributed by atoms with E-state index < -0.39 is 6.03 Å². The Labute approximate surface area is 114 Å². The molecule has 1 fully saturated rings. The van der Waals surface area contributed by atoms with E-state index in [0.29, 0.717) is 13.2 Å². The van der Waals surface area contributed by atoms with Gasteiger partial charge in [-0.1, -0.05) is 0 Å². The Hall–Kier alpha value is -1.14. The molecule has 2 atom stereocenters. The highest BCUT2D eigenvalue weighted by Crippen LogP contribution is 2.10. The summed E-state index contributed by atoms with van der Waals surface area (Å²) in [5.41, 5.74) is -0.356. The van der Waals surface area contributed by atoms with Crippen LogP contribution in [0.4, 0.5) is 4.79 Å². The fraction of sp³-hybridized carbons (Fsp3) is 0.846. The van der Waals surface area contributed by atoms with Crippen molar-refractivity contribution >= 4 is 11.9 Å². The molecule has 1 aliphatic heterocycles. The number of urea groups is 1. The van der Waals surface area contributed by atoms with E-state index in [4.69, 9.17) is 4.74 Å². The highest BCUT2D eigenvalue weighted by molar-refractivity contribution is 5.95. The summed E-state index contributed by atoms with van der Waals surface area (Å²) in [5, 5.41) is 5.04. The normalized spacial score (nSPS) is 24.9. The molecule has 2 unspecified atom stereocenters. The van der Waals surface area contributed by atoms with E-state index in [1.54, 1.807) is 0 Å². The monoisotopic (exact) mass is 271 g/mol. The second kappa shape index (κ2) is 6.34. The predicted molar refractivity (Wildman–Crippen MR) is 72.9 cm³/mol. The SMILES string of the molecule is CC1CN(CC(=O)NC(=O)NC(C)(C)C)C(C)CO1. The second-order valence-corrected chi connectivity index (χ2v) is 6.17. The average molecular weight is 271 g/mol. The quantitative estimate of drug-likeness (QED) is 0.776. The number of carbonyl (C=O) groups excluding carboxylic acids is 2. The molecular formula is C13H25N3O3. The van der Waals surface area contributed by atoms with Crippen LogP contribution >= 0.6 is 0 Å². The number of rotatable bonds is 2. The fourth-order valence-corrected chi connectivity index (χ4v) is 1.91. The zero-order chi connectivity index (χ0) is 14.6. The van der Waals surface area contributed by atoms with Crippen LogP contribution in [0, 0.1) is 0 Å². The minimum absolute atomic E-state index is 0.118. The molecule has 0 saturated carbocycles. The number of amides is 3. The van der Waals surface area contributed by atoms with Gasteiger partial charge in [0.15, 0.2) is 0 Å². The Morgan fingerprint density at radius 3 is 2.53 bits per heavy atom. The molecule has 19 heavy (non-hydrogen) atoms. The summed E-state index contributed by atoms with van der Waals surface area (Å²) in [5.74, 6) is -0.289. The average Bonchev–Trinajstić information content (AvgIpc) is 2.20. The summed E-state index contributed by atoms with van der Waals surface area (Å²) in [7, 11) is 0. The lowest BCUT2D eigenvalue weighted by molar-refractivity contribution is -0.124. The van der Waals surface area contributed by atoms with Gasteiger partial charge < -0.3 is 10.1 Å². The molecule has 0 aromatic carbocycles. The van der Waals surface area contributed by atoms with Crippen LogP contribution in [0.3, 0.4) is 0 Å². The van der Waals surface area contributed by atoms with Crippen molar-refractivity contribution in [3.05, 3.63) is 0 Å². The Kier molecular flexibility index (Phi) is 5.31. The summed E-state index contributed by atoms with van der Waals surface area (Å²) in [6.45, 7) is 11.1. The minimum atomic E-state index is -0.452. The van der Waals surface area contributed by atoms with Gasteiger partial charge in [0.2, 0.25) is 5.91 Å². The number of imide groups is 1. The van der Waals surface area contributed by atoms with Gasteiger partial charge in [0.25, 0.3) is 0 Å². The standard InChI is InChI=1S/C13H25N3O3/c1-9-8-19-10(2)6-16(9)7-11(17)14-12(18)15-13(3,4)5/h9-10H,6-8H2,1-5H3,(H2,14,15,17,18). The molecule has 1 heterocycles. The van der Waals surface area contributed by atoms with Gasteiger partial charge in [-0.3, -0.25) is 15.0 Å². The first-order chi connectivity index (χ1) is 8.67. The second-order valence-electron chi connectivity index (χ2n) is 6.17. The number of nitrogens with one attached hydrogen (secondary N) is 2. The molecule has 0 aromatic rings. The maximum absolute atomic E-state index is 11.8. The number of carbonyl (C=O) groups is 2. The molecule has 2 N–H and O–H groups in total. The summed E-state index contributed by atoms with van der Waals surface area (Å²) in [6, 6.07) is -0.265. The summed E-state index contributed by atoms with van der Waals surface area (Å²) in [6.07, 6.45) is 0.118. The first kappa shape index (κ1) is 15.9. The van der Waals surface area contributed by atoms with Crippen LogP contribution in [0.2, 0.25) is 0 Å². The van der Waals surface area contributed by atoms with Gasteiger partial charge in [0.1, 0.15) is 0 Å². The minimum Gasteiger partial charge on any atom is -0.376 e. The van der Waals surface area contributed by atoms with Crippen LogP contribution in [0.15, 0.2) is 0 Å². The van der Waals surface area contributed by atoms with Crippen molar-refractivity contribution < 1.29 is 14.3 Å². The highest BCUT2D eigenvalue weighted by atomic mass is 16.5. The van der Waals surface area contributed by atoms with Gasteiger partial charge in [-0.15, -0.1) is 0 Å². The summed E-state index contributed by atoms with van der Waals surface area (Å²) >= 11 is 0. The molecule has 110 valence electrons. The van der Waals surface area contributed by atoms with Gasteiger partial charge in [-0.25, -0.2) is 4.79 Å². The number of nitrogens with zero attached hydrogens (tertiary/aromatic N) is 1. The largest absolute Gasteiger partial charge is 0.376 e. The molecule has 0 radical (unpaired) electrons. The maximum Gasteiger partial charge on any atom is 0.321 e. The molecule has 0 bridgehead atoms. The molecule has 1 rings (SSSR count). The van der Waals surface area contributed by atoms with Crippen LogP contribution in [0.5, 0.6) is 0 Å². The van der Waals surface area contributed by atoms with E-state index >= 15 is 0 Å². The molecular weight excluding hydrogens is 246 g/mol. The third-order valence-corrected chi connectivity index (χ3v) is 2.83. The van der Waals surface area contributed by atoms with Crippen molar-refractivity contribution in [2.75, 3.05) is 19.7 Å². The van der Waals surface area contributed by atoms with Gasteiger partial charge in [-0.05, 0) is 34.6 Å². The lowest BCUT2D eigenvalue weighted by atomic mass is 10.1. The Bertz CT molecular complexity index is 339. The van der Waals surface area contributed by atoms with Crippen molar-refractivity contribution in [3.63, 3.8) is 0 Å². The lowest BCUT2D eigenvalue weighted by Crippen LogP contribution is -2.54. The van der Waals surface area contributed by atoms with Crippen LogP contribution in [-0.2, 0) is 9.53 Å². The zero-order valence-corrected chi connectivity index (χ0v) is 12.4. The van der Waals surface area contributed by atoms with Crippen LogP contribution < -0.4 is 10.6 Å². The summed E-state index contributed by atoms with van der Waals surface area (Å²) < 4.78 is 5.50. The zero-order valence-electron chi connectivity index (χ0n) is 12.4. The van der Waals surface area contributed by atoms with Crippen molar-refractivity contribution in [2.45, 2.75) is 52.3 Å². The smallest absolute Gasteiger partial charge is 0.321 e. The Morgan fingerprint density at radius 1 is 1.32 bits per heavy atom. The number of morpholine rings is 1. The topological polar surface area (TPSA) is 70.7 Å². The lowest BCUT2D eigenvalue weighted by Gasteiger charge is -2.36. The molecule has 1 aliphatic rings. The molecule has 0 aromatic heterocycles. The fourth-order valence-electron chi connectivity index (χ4n) is 1.91. The van der Waals surface area contributed by atoms with Gasteiger partial charge in [-0.2, -0.15) is 0 Å². The third kappa shape index (κ3) is 6.02. The Morgan fingerprint density at radius 2 is 1.95 bits per heavy atom. The molecule has 0 spiro atoms. The van der Waals surface area contributed by atoms with E-state index in [9.17, 15) is 9.59 Å². The van der Waals surface area contributed by atoms with Crippen molar-refractivity contribution in [3.8, 4) is 0 Å². The van der Waals surface area contributed by atoms with Crippen molar-refractivity contribution in [1.82, 2.24) is 15.5 Å². The molecule has 0 aliphatic carbocycles. The van der Waals surface area contributed by atoms with E-state index in [-0.39, 0.29) is 30.1 Å². The van der Waals surface area contributed by atoms with E-state index in [1.165, 1.54) is 0 Å². The summed E-state index contributed by atoms with van der Waals surface area (Å²) in [4.78, 5) is 25.4. The molecule has 1 saturated heterocycles. The van der Waals surface area contributed by atoms with Crippen molar-refractivity contribution in [1.29, 1.82) is 0 Å². The van der Waals surface area contributed by atoms with E-state index in [0.717, 1.165) is 0 Å². The van der Waals surface area contributed by atoms with Crippen LogP contribution in [0.25, 0.3) is 0 Å². The van der Waals surface area contributed by atoms with E-state index in [1.807, 2.05) is 39.5 Å². The molecule has 6 nitrogen and oxygen atoms in total. The number of hydrogen-bond acceptors (Lipinski definition) is 4. The first-order valence-corrected chi connectivity index (χ1v) is 6.65. The molecule has 3 amide bonds. The molecule has 6 heteroatoms. The Balaban J connectivity index is 2.40. The predicted octanol–water partition coefficient (Wildman–Crippen LogP) is 0.720. The van der Waals surface area contributed by atoms with Crippen LogP contribution in [-0.4, -0.2) is 54.2 Å². The highest BCUT2D eigenvalue weighted by Gasteiger charge is 2.25.